The lowest BCUT2D eigenvalue weighted by molar-refractivity contribution is 0.100. The van der Waals surface area contributed by atoms with Crippen molar-refractivity contribution in [2.75, 3.05) is 5.73 Å². The van der Waals surface area contributed by atoms with Crippen LogP contribution in [0.3, 0.4) is 0 Å². The van der Waals surface area contributed by atoms with Gasteiger partial charge in [0.15, 0.2) is 0 Å². The standard InChI is InChI=1S/C21H17FN4OS2/c22-12-4-1-3-11(7-12)8-26-9-13-14(10-26)25-21-17(16(13)15-5-2-6-28-15)18(23)19(29-21)20(24)27/h1-7H,8-10,23H2,(H2,24,27). The minimum atomic E-state index is -0.532. The van der Waals surface area contributed by atoms with E-state index in [1.807, 2.05) is 17.5 Å². The van der Waals surface area contributed by atoms with Gasteiger partial charge in [-0.1, -0.05) is 18.2 Å². The number of thiophene rings is 2. The number of nitrogens with zero attached hydrogens (tertiary/aromatic N) is 2. The van der Waals surface area contributed by atoms with Crippen molar-refractivity contribution in [2.24, 2.45) is 5.73 Å². The molecule has 146 valence electrons. The molecule has 1 aliphatic rings. The van der Waals surface area contributed by atoms with Gasteiger partial charge in [-0.15, -0.1) is 22.7 Å². The average molecular weight is 425 g/mol. The van der Waals surface area contributed by atoms with E-state index in [9.17, 15) is 9.18 Å². The molecule has 0 atom stereocenters. The zero-order chi connectivity index (χ0) is 20.1. The lowest BCUT2D eigenvalue weighted by Crippen LogP contribution is -2.15. The number of primary amides is 1. The molecule has 1 aliphatic heterocycles. The molecule has 1 amide bonds. The van der Waals surface area contributed by atoms with Crippen LogP contribution in [0.25, 0.3) is 20.7 Å². The normalized spacial score (nSPS) is 13.8. The maximum atomic E-state index is 13.6. The Kier molecular flexibility index (Phi) is 4.34. The number of hydrogen-bond acceptors (Lipinski definition) is 6. The topological polar surface area (TPSA) is 85.2 Å². The number of rotatable bonds is 4. The van der Waals surface area contributed by atoms with E-state index < -0.39 is 5.91 Å². The van der Waals surface area contributed by atoms with E-state index in [1.165, 1.54) is 17.4 Å². The summed E-state index contributed by atoms with van der Waals surface area (Å²) in [7, 11) is 0. The fourth-order valence-electron chi connectivity index (χ4n) is 3.91. The van der Waals surface area contributed by atoms with Crippen molar-refractivity contribution in [2.45, 2.75) is 19.6 Å². The number of halogens is 1. The summed E-state index contributed by atoms with van der Waals surface area (Å²) in [5, 5.41) is 2.82. The Morgan fingerprint density at radius 2 is 2.10 bits per heavy atom. The van der Waals surface area contributed by atoms with Crippen LogP contribution >= 0.6 is 22.7 Å². The van der Waals surface area contributed by atoms with Crippen LogP contribution in [0.4, 0.5) is 10.1 Å². The monoisotopic (exact) mass is 424 g/mol. The molecule has 4 N–H and O–H groups in total. The fraction of sp³-hybridized carbons (Fsp3) is 0.143. The number of aromatic nitrogens is 1. The number of carbonyl (C=O) groups excluding carboxylic acids is 1. The van der Waals surface area contributed by atoms with E-state index in [0.717, 1.165) is 37.5 Å². The van der Waals surface area contributed by atoms with Gasteiger partial charge in [-0.3, -0.25) is 9.69 Å². The summed E-state index contributed by atoms with van der Waals surface area (Å²) in [6.45, 7) is 1.97. The molecule has 0 bridgehead atoms. The van der Waals surface area contributed by atoms with Gasteiger partial charge >= 0.3 is 0 Å². The molecule has 0 saturated carbocycles. The van der Waals surface area contributed by atoms with Crippen LogP contribution in [0.5, 0.6) is 0 Å². The summed E-state index contributed by atoms with van der Waals surface area (Å²) in [4.78, 5) is 21.0. The molecule has 0 spiro atoms. The van der Waals surface area contributed by atoms with E-state index in [1.54, 1.807) is 23.5 Å². The SMILES string of the molecule is NC(=O)c1sc2nc3c(c(-c4cccs4)c2c1N)CN(Cc1cccc(F)c1)C3. The van der Waals surface area contributed by atoms with Crippen LogP contribution in [-0.4, -0.2) is 15.8 Å². The summed E-state index contributed by atoms with van der Waals surface area (Å²) in [6, 6.07) is 10.7. The minimum Gasteiger partial charge on any atom is -0.397 e. The lowest BCUT2D eigenvalue weighted by Gasteiger charge is -2.14. The molecule has 0 fully saturated rings. The van der Waals surface area contributed by atoms with Crippen LogP contribution in [0.1, 0.15) is 26.5 Å². The van der Waals surface area contributed by atoms with E-state index in [0.29, 0.717) is 30.2 Å². The molecule has 0 radical (unpaired) electrons. The molecule has 29 heavy (non-hydrogen) atoms. The number of nitrogen functional groups attached to an aromatic ring is 1. The lowest BCUT2D eigenvalue weighted by atomic mass is 10.0. The highest BCUT2D eigenvalue weighted by atomic mass is 32.1. The van der Waals surface area contributed by atoms with Gasteiger partial charge in [0, 0.05) is 35.5 Å². The Bertz CT molecular complexity index is 1250. The quantitative estimate of drug-likeness (QED) is 0.510. The number of carbonyl (C=O) groups is 1. The molecule has 5 rings (SSSR count). The van der Waals surface area contributed by atoms with Gasteiger partial charge in [0.1, 0.15) is 15.5 Å². The van der Waals surface area contributed by atoms with Gasteiger partial charge in [-0.2, -0.15) is 0 Å². The highest BCUT2D eigenvalue weighted by Crippen LogP contribution is 2.45. The van der Waals surface area contributed by atoms with Crippen molar-refractivity contribution in [1.82, 2.24) is 9.88 Å². The van der Waals surface area contributed by atoms with Gasteiger partial charge in [0.05, 0.1) is 11.4 Å². The van der Waals surface area contributed by atoms with Crippen molar-refractivity contribution in [3.05, 3.63) is 69.3 Å². The van der Waals surface area contributed by atoms with Crippen LogP contribution < -0.4 is 11.5 Å². The minimum absolute atomic E-state index is 0.233. The molecule has 8 heteroatoms. The Hall–Kier alpha value is -2.81. The average Bonchev–Trinajstić information content (AvgIpc) is 3.39. The molecule has 3 aromatic heterocycles. The second-order valence-electron chi connectivity index (χ2n) is 7.05. The van der Waals surface area contributed by atoms with Crippen molar-refractivity contribution >= 4 is 44.5 Å². The predicted molar refractivity (Wildman–Crippen MR) is 115 cm³/mol. The van der Waals surface area contributed by atoms with Crippen molar-refractivity contribution in [3.8, 4) is 10.4 Å². The summed E-state index contributed by atoms with van der Waals surface area (Å²) in [5.74, 6) is -0.764. The third-order valence-corrected chi connectivity index (χ3v) is 7.11. The smallest absolute Gasteiger partial charge is 0.260 e. The Morgan fingerprint density at radius 1 is 1.24 bits per heavy atom. The third kappa shape index (κ3) is 3.09. The van der Waals surface area contributed by atoms with Crippen molar-refractivity contribution < 1.29 is 9.18 Å². The first-order valence-corrected chi connectivity index (χ1v) is 10.7. The second-order valence-corrected chi connectivity index (χ2v) is 9.00. The predicted octanol–water partition coefficient (Wildman–Crippen LogP) is 4.36. The number of fused-ring (bicyclic) bond motifs is 2. The molecule has 4 aromatic rings. The van der Waals surface area contributed by atoms with Crippen molar-refractivity contribution in [1.29, 1.82) is 0 Å². The molecule has 5 nitrogen and oxygen atoms in total. The summed E-state index contributed by atoms with van der Waals surface area (Å²) < 4.78 is 13.6. The van der Waals surface area contributed by atoms with Crippen LogP contribution in [0.2, 0.25) is 0 Å². The Morgan fingerprint density at radius 3 is 2.83 bits per heavy atom. The van der Waals surface area contributed by atoms with E-state index in [2.05, 4.69) is 11.0 Å². The molecule has 0 aliphatic carbocycles. The zero-order valence-corrected chi connectivity index (χ0v) is 16.9. The highest BCUT2D eigenvalue weighted by Gasteiger charge is 2.29. The first-order valence-electron chi connectivity index (χ1n) is 9.05. The van der Waals surface area contributed by atoms with Crippen LogP contribution in [0.15, 0.2) is 41.8 Å². The Labute approximate surface area is 174 Å². The van der Waals surface area contributed by atoms with E-state index in [-0.39, 0.29) is 5.82 Å². The van der Waals surface area contributed by atoms with Crippen LogP contribution in [-0.2, 0) is 19.6 Å². The number of pyridine rings is 1. The zero-order valence-electron chi connectivity index (χ0n) is 15.3. The summed E-state index contributed by atoms with van der Waals surface area (Å²) in [6.07, 6.45) is 0. The second kappa shape index (κ2) is 6.91. The molecule has 0 saturated heterocycles. The van der Waals surface area contributed by atoms with Gasteiger partial charge in [-0.05, 0) is 34.7 Å². The van der Waals surface area contributed by atoms with E-state index in [4.69, 9.17) is 16.5 Å². The maximum Gasteiger partial charge on any atom is 0.260 e. The van der Waals surface area contributed by atoms with Gasteiger partial charge in [0.2, 0.25) is 0 Å². The maximum absolute atomic E-state index is 13.6. The summed E-state index contributed by atoms with van der Waals surface area (Å²) in [5.41, 5.74) is 16.3. The number of amides is 1. The first-order chi connectivity index (χ1) is 14.0. The molecular weight excluding hydrogens is 407 g/mol. The van der Waals surface area contributed by atoms with Crippen molar-refractivity contribution in [3.63, 3.8) is 0 Å². The number of hydrogen-bond donors (Lipinski definition) is 2. The molecule has 0 unspecified atom stereocenters. The number of nitrogens with two attached hydrogens (primary N) is 2. The molecular formula is C21H17FN4OS2. The third-order valence-electron chi connectivity index (χ3n) is 5.10. The summed E-state index contributed by atoms with van der Waals surface area (Å²) >= 11 is 2.87. The molecule has 1 aromatic carbocycles. The first kappa shape index (κ1) is 18.2. The van der Waals surface area contributed by atoms with Crippen LogP contribution in [0, 0.1) is 5.82 Å². The van der Waals surface area contributed by atoms with Gasteiger partial charge in [0.25, 0.3) is 5.91 Å². The molecule has 4 heterocycles. The number of anilines is 1. The fourth-order valence-corrected chi connectivity index (χ4v) is 5.69. The van der Waals surface area contributed by atoms with E-state index >= 15 is 0 Å². The van der Waals surface area contributed by atoms with Gasteiger partial charge < -0.3 is 11.5 Å². The highest BCUT2D eigenvalue weighted by molar-refractivity contribution is 7.21. The van der Waals surface area contributed by atoms with Gasteiger partial charge in [-0.25, -0.2) is 9.37 Å². The largest absolute Gasteiger partial charge is 0.397 e. The Balaban J connectivity index is 1.62. The number of benzene rings is 1.